The number of pyridine rings is 1. The molecule has 1 aliphatic rings. The van der Waals surface area contributed by atoms with Crippen LogP contribution >= 0.6 is 11.3 Å². The molecule has 0 saturated carbocycles. The van der Waals surface area contributed by atoms with Crippen LogP contribution in [0.1, 0.15) is 10.6 Å². The fourth-order valence-electron chi connectivity index (χ4n) is 3.85. The molecule has 1 aliphatic heterocycles. The molecule has 2 aromatic carbocycles. The quantitative estimate of drug-likeness (QED) is 0.537. The van der Waals surface area contributed by atoms with Crippen LogP contribution in [0.3, 0.4) is 0 Å². The number of piperazine rings is 1. The average Bonchev–Trinajstić information content (AvgIpc) is 3.12. The first kappa shape index (κ1) is 16.8. The highest BCUT2D eigenvalue weighted by Crippen LogP contribution is 2.23. The average molecular weight is 375 g/mol. The van der Waals surface area contributed by atoms with Crippen molar-refractivity contribution >= 4 is 32.5 Å². The Hall–Kier alpha value is -2.34. The molecular formula is C22H22N4S. The van der Waals surface area contributed by atoms with Gasteiger partial charge in [-0.2, -0.15) is 0 Å². The van der Waals surface area contributed by atoms with Crippen LogP contribution in [0.4, 0.5) is 0 Å². The maximum atomic E-state index is 4.73. The van der Waals surface area contributed by atoms with E-state index in [0.29, 0.717) is 0 Å². The van der Waals surface area contributed by atoms with Crippen LogP contribution in [0.25, 0.3) is 21.1 Å². The summed E-state index contributed by atoms with van der Waals surface area (Å²) in [6.07, 6.45) is 1.84. The second-order valence-corrected chi connectivity index (χ2v) is 8.19. The summed E-state index contributed by atoms with van der Waals surface area (Å²) in [6.45, 7) is 6.35. The third kappa shape index (κ3) is 3.58. The monoisotopic (exact) mass is 374 g/mol. The van der Waals surface area contributed by atoms with Crippen LogP contribution in [0.5, 0.6) is 0 Å². The van der Waals surface area contributed by atoms with E-state index in [1.165, 1.54) is 21.3 Å². The number of nitrogens with zero attached hydrogens (tertiary/aromatic N) is 4. The number of thiazole rings is 1. The van der Waals surface area contributed by atoms with Crippen molar-refractivity contribution in [3.05, 3.63) is 71.4 Å². The van der Waals surface area contributed by atoms with Gasteiger partial charge in [0.25, 0.3) is 0 Å². The van der Waals surface area contributed by atoms with Gasteiger partial charge in [0.1, 0.15) is 15.4 Å². The largest absolute Gasteiger partial charge is 0.297 e. The number of rotatable bonds is 4. The Balaban J connectivity index is 1.22. The van der Waals surface area contributed by atoms with Crippen molar-refractivity contribution in [3.8, 4) is 0 Å². The van der Waals surface area contributed by atoms with Gasteiger partial charge in [0.2, 0.25) is 0 Å². The van der Waals surface area contributed by atoms with E-state index in [1.807, 2.05) is 18.3 Å². The zero-order valence-electron chi connectivity index (χ0n) is 15.2. The van der Waals surface area contributed by atoms with Gasteiger partial charge in [0.05, 0.1) is 6.54 Å². The molecule has 5 heteroatoms. The maximum absolute atomic E-state index is 4.73. The second-order valence-electron chi connectivity index (χ2n) is 7.13. The van der Waals surface area contributed by atoms with Crippen molar-refractivity contribution in [2.45, 2.75) is 13.1 Å². The maximum Gasteiger partial charge on any atom is 0.143 e. The highest BCUT2D eigenvalue weighted by molar-refractivity contribution is 7.18. The van der Waals surface area contributed by atoms with Gasteiger partial charge in [-0.05, 0) is 28.5 Å². The molecule has 1 saturated heterocycles. The van der Waals surface area contributed by atoms with Crippen LogP contribution in [0.15, 0.2) is 60.8 Å². The lowest BCUT2D eigenvalue weighted by Gasteiger charge is -2.34. The first-order valence-corrected chi connectivity index (χ1v) is 10.3. The molecule has 5 rings (SSSR count). The number of benzene rings is 2. The third-order valence-corrected chi connectivity index (χ3v) is 6.27. The van der Waals surface area contributed by atoms with E-state index in [4.69, 9.17) is 4.98 Å². The third-order valence-electron chi connectivity index (χ3n) is 5.31. The normalized spacial score (nSPS) is 16.3. The second kappa shape index (κ2) is 7.35. The van der Waals surface area contributed by atoms with Gasteiger partial charge in [-0.25, -0.2) is 9.97 Å². The van der Waals surface area contributed by atoms with Crippen LogP contribution in [0.2, 0.25) is 0 Å². The lowest BCUT2D eigenvalue weighted by atomic mass is 10.0. The van der Waals surface area contributed by atoms with E-state index in [0.717, 1.165) is 49.6 Å². The molecule has 2 aromatic heterocycles. The van der Waals surface area contributed by atoms with E-state index in [-0.39, 0.29) is 0 Å². The molecule has 4 aromatic rings. The lowest BCUT2D eigenvalue weighted by Crippen LogP contribution is -2.45. The van der Waals surface area contributed by atoms with Crippen LogP contribution in [-0.4, -0.2) is 45.9 Å². The molecule has 1 fully saturated rings. The number of hydrogen-bond acceptors (Lipinski definition) is 5. The fourth-order valence-corrected chi connectivity index (χ4v) is 4.80. The molecule has 0 radical (unpaired) electrons. The summed E-state index contributed by atoms with van der Waals surface area (Å²) < 4.78 is 0. The molecule has 3 heterocycles. The van der Waals surface area contributed by atoms with Crippen molar-refractivity contribution < 1.29 is 0 Å². The van der Waals surface area contributed by atoms with Gasteiger partial charge in [0.15, 0.2) is 0 Å². The minimum Gasteiger partial charge on any atom is -0.297 e. The van der Waals surface area contributed by atoms with Gasteiger partial charge in [-0.3, -0.25) is 9.80 Å². The Bertz CT molecular complexity index is 1030. The Morgan fingerprint density at radius 1 is 0.815 bits per heavy atom. The SMILES string of the molecule is c1ccc2c(CN3CCN(Cc4nc5cccnc5s4)CC3)cccc2c1. The molecule has 0 spiro atoms. The van der Waals surface area contributed by atoms with Crippen molar-refractivity contribution in [1.29, 1.82) is 0 Å². The molecule has 27 heavy (non-hydrogen) atoms. The standard InChI is InChI=1S/C22H22N4S/c1-2-8-19-17(5-1)6-3-7-18(19)15-25-11-13-26(14-12-25)16-21-24-20-9-4-10-23-22(20)27-21/h1-10H,11-16H2. The predicted octanol–water partition coefficient (Wildman–Crippen LogP) is 4.16. The van der Waals surface area contributed by atoms with Gasteiger partial charge in [-0.15, -0.1) is 0 Å². The summed E-state index contributed by atoms with van der Waals surface area (Å²) >= 11 is 1.72. The Labute approximate surface area is 163 Å². The van der Waals surface area contributed by atoms with Crippen LogP contribution in [-0.2, 0) is 13.1 Å². The molecule has 0 aliphatic carbocycles. The van der Waals surface area contributed by atoms with Crippen molar-refractivity contribution in [2.24, 2.45) is 0 Å². The zero-order chi connectivity index (χ0) is 18.1. The lowest BCUT2D eigenvalue weighted by molar-refractivity contribution is 0.122. The van der Waals surface area contributed by atoms with E-state index in [2.05, 4.69) is 57.2 Å². The van der Waals surface area contributed by atoms with Gasteiger partial charge < -0.3 is 0 Å². The molecule has 136 valence electrons. The van der Waals surface area contributed by atoms with Gasteiger partial charge >= 0.3 is 0 Å². The molecule has 0 bridgehead atoms. The van der Waals surface area contributed by atoms with Crippen LogP contribution in [0, 0.1) is 0 Å². The topological polar surface area (TPSA) is 32.3 Å². The van der Waals surface area contributed by atoms with Crippen LogP contribution < -0.4 is 0 Å². The molecule has 0 unspecified atom stereocenters. The van der Waals surface area contributed by atoms with E-state index in [1.54, 1.807) is 11.3 Å². The summed E-state index contributed by atoms with van der Waals surface area (Å²) in [5.74, 6) is 0. The van der Waals surface area contributed by atoms with Crippen molar-refractivity contribution in [1.82, 2.24) is 19.8 Å². The number of fused-ring (bicyclic) bond motifs is 2. The highest BCUT2D eigenvalue weighted by atomic mass is 32.1. The highest BCUT2D eigenvalue weighted by Gasteiger charge is 2.19. The van der Waals surface area contributed by atoms with Crippen molar-refractivity contribution in [3.63, 3.8) is 0 Å². The number of aromatic nitrogens is 2. The zero-order valence-corrected chi connectivity index (χ0v) is 16.0. The smallest absolute Gasteiger partial charge is 0.143 e. The van der Waals surface area contributed by atoms with Gasteiger partial charge in [0, 0.05) is 38.9 Å². The summed E-state index contributed by atoms with van der Waals surface area (Å²) in [7, 11) is 0. The Morgan fingerprint density at radius 2 is 1.59 bits per heavy atom. The number of hydrogen-bond donors (Lipinski definition) is 0. The first-order valence-electron chi connectivity index (χ1n) is 9.47. The Morgan fingerprint density at radius 3 is 2.44 bits per heavy atom. The van der Waals surface area contributed by atoms with E-state index >= 15 is 0 Å². The predicted molar refractivity (Wildman–Crippen MR) is 112 cm³/mol. The summed E-state index contributed by atoms with van der Waals surface area (Å²) in [6, 6.07) is 19.3. The first-order chi connectivity index (χ1) is 13.3. The molecule has 0 atom stereocenters. The van der Waals surface area contributed by atoms with Gasteiger partial charge in [-0.1, -0.05) is 53.8 Å². The molecule has 0 N–H and O–H groups in total. The molecular weight excluding hydrogens is 352 g/mol. The van der Waals surface area contributed by atoms with Crippen molar-refractivity contribution in [2.75, 3.05) is 26.2 Å². The minimum absolute atomic E-state index is 0.934. The summed E-state index contributed by atoms with van der Waals surface area (Å²) in [5.41, 5.74) is 2.45. The molecule has 0 amide bonds. The molecule has 4 nitrogen and oxygen atoms in total. The minimum atomic E-state index is 0.934. The van der Waals surface area contributed by atoms with E-state index < -0.39 is 0 Å². The Kier molecular flexibility index (Phi) is 4.57. The van der Waals surface area contributed by atoms with E-state index in [9.17, 15) is 0 Å². The fraction of sp³-hybridized carbons (Fsp3) is 0.273. The summed E-state index contributed by atoms with van der Waals surface area (Å²) in [4.78, 5) is 15.3. The summed E-state index contributed by atoms with van der Waals surface area (Å²) in [5, 5.41) is 3.88.